The van der Waals surface area contributed by atoms with Crippen molar-refractivity contribution in [2.75, 3.05) is 18.5 Å². The Bertz CT molecular complexity index is 400. The molecular weight excluding hydrogens is 198 g/mol. The average molecular weight is 211 g/mol. The highest BCUT2D eigenvalue weighted by Gasteiger charge is 1.97. The number of ether oxygens (including phenoxy) is 1. The molecule has 0 aliphatic rings. The van der Waals surface area contributed by atoms with Crippen LogP contribution in [0.4, 0.5) is 5.95 Å². The first-order valence-electron chi connectivity index (χ1n) is 4.53. The van der Waals surface area contributed by atoms with Crippen molar-refractivity contribution >= 4 is 11.9 Å². The zero-order valence-electron chi connectivity index (χ0n) is 8.66. The van der Waals surface area contributed by atoms with E-state index in [1.54, 1.807) is 6.92 Å². The topological polar surface area (TPSA) is 84.1 Å². The van der Waals surface area contributed by atoms with E-state index in [1.165, 1.54) is 13.0 Å². The molecule has 1 heterocycles. The number of rotatable bonds is 4. The lowest BCUT2D eigenvalue weighted by molar-refractivity contribution is -0.140. The van der Waals surface area contributed by atoms with Gasteiger partial charge >= 0.3 is 5.97 Å². The van der Waals surface area contributed by atoms with E-state index in [-0.39, 0.29) is 18.1 Å². The highest BCUT2D eigenvalue weighted by atomic mass is 16.5. The maximum atomic E-state index is 11.0. The molecular formula is C9H13N3O3. The summed E-state index contributed by atoms with van der Waals surface area (Å²) in [5.41, 5.74) is 0.422. The lowest BCUT2D eigenvalue weighted by atomic mass is 10.4. The number of nitrogens with zero attached hydrogens (tertiary/aromatic N) is 1. The highest BCUT2D eigenvalue weighted by Crippen LogP contribution is 1.94. The van der Waals surface area contributed by atoms with Crippen LogP contribution in [-0.2, 0) is 9.53 Å². The highest BCUT2D eigenvalue weighted by molar-refractivity contribution is 5.65. The molecule has 6 heteroatoms. The van der Waals surface area contributed by atoms with Gasteiger partial charge in [-0.25, -0.2) is 4.98 Å². The van der Waals surface area contributed by atoms with Crippen molar-refractivity contribution in [3.05, 3.63) is 22.1 Å². The number of esters is 1. The summed E-state index contributed by atoms with van der Waals surface area (Å²) < 4.78 is 4.70. The molecule has 15 heavy (non-hydrogen) atoms. The molecule has 0 atom stereocenters. The molecule has 1 aromatic rings. The molecule has 0 unspecified atom stereocenters. The number of aromatic nitrogens is 2. The van der Waals surface area contributed by atoms with Crippen molar-refractivity contribution in [2.45, 2.75) is 13.8 Å². The van der Waals surface area contributed by atoms with Gasteiger partial charge in [-0.05, 0) is 6.92 Å². The van der Waals surface area contributed by atoms with E-state index in [9.17, 15) is 9.59 Å². The lowest BCUT2D eigenvalue weighted by Crippen LogP contribution is -2.17. The van der Waals surface area contributed by atoms with E-state index in [2.05, 4.69) is 15.3 Å². The molecule has 0 saturated carbocycles. The van der Waals surface area contributed by atoms with Gasteiger partial charge in [0.25, 0.3) is 5.56 Å². The first kappa shape index (κ1) is 11.2. The van der Waals surface area contributed by atoms with Gasteiger partial charge in [-0.1, -0.05) is 0 Å². The van der Waals surface area contributed by atoms with Crippen LogP contribution in [0.5, 0.6) is 0 Å². The van der Waals surface area contributed by atoms with E-state index in [0.717, 1.165) is 0 Å². The molecule has 0 saturated heterocycles. The van der Waals surface area contributed by atoms with Gasteiger partial charge in [0.1, 0.15) is 6.61 Å². The Morgan fingerprint density at radius 2 is 2.40 bits per heavy atom. The molecule has 0 aromatic carbocycles. The van der Waals surface area contributed by atoms with Gasteiger partial charge in [0, 0.05) is 18.7 Å². The van der Waals surface area contributed by atoms with Crippen LogP contribution in [0.2, 0.25) is 0 Å². The second kappa shape index (κ2) is 5.14. The summed E-state index contributed by atoms with van der Waals surface area (Å²) in [6.07, 6.45) is 0. The van der Waals surface area contributed by atoms with E-state index >= 15 is 0 Å². The number of aromatic amines is 1. The number of anilines is 1. The van der Waals surface area contributed by atoms with Crippen molar-refractivity contribution in [3.8, 4) is 0 Å². The summed E-state index contributed by atoms with van der Waals surface area (Å²) in [7, 11) is 0. The Labute approximate surface area is 86.7 Å². The molecule has 1 rings (SSSR count). The third-order valence-electron chi connectivity index (χ3n) is 1.57. The quantitative estimate of drug-likeness (QED) is 0.543. The summed E-state index contributed by atoms with van der Waals surface area (Å²) in [5, 5.41) is 2.84. The second-order valence-corrected chi connectivity index (χ2v) is 3.00. The van der Waals surface area contributed by atoms with Gasteiger partial charge in [-0.3, -0.25) is 14.6 Å². The minimum absolute atomic E-state index is 0.211. The van der Waals surface area contributed by atoms with Gasteiger partial charge in [-0.15, -0.1) is 0 Å². The van der Waals surface area contributed by atoms with E-state index in [1.807, 2.05) is 0 Å². The Morgan fingerprint density at radius 3 is 3.00 bits per heavy atom. The fourth-order valence-corrected chi connectivity index (χ4v) is 1.03. The second-order valence-electron chi connectivity index (χ2n) is 3.00. The molecule has 0 bridgehead atoms. The molecule has 6 nitrogen and oxygen atoms in total. The number of hydrogen-bond donors (Lipinski definition) is 2. The van der Waals surface area contributed by atoms with Crippen LogP contribution in [-0.4, -0.2) is 29.1 Å². The zero-order chi connectivity index (χ0) is 11.3. The number of hydrogen-bond acceptors (Lipinski definition) is 5. The van der Waals surface area contributed by atoms with Crippen molar-refractivity contribution in [3.63, 3.8) is 0 Å². The minimum Gasteiger partial charge on any atom is -0.464 e. The van der Waals surface area contributed by atoms with Gasteiger partial charge in [-0.2, -0.15) is 0 Å². The fraction of sp³-hybridized carbons (Fsp3) is 0.444. The Morgan fingerprint density at radius 1 is 1.67 bits per heavy atom. The molecule has 0 aliphatic heterocycles. The van der Waals surface area contributed by atoms with Crippen LogP contribution >= 0.6 is 0 Å². The minimum atomic E-state index is -0.331. The molecule has 1 aromatic heterocycles. The van der Waals surface area contributed by atoms with Gasteiger partial charge in [0.05, 0.1) is 6.54 Å². The van der Waals surface area contributed by atoms with Gasteiger partial charge < -0.3 is 10.1 Å². The van der Waals surface area contributed by atoms with Gasteiger partial charge in [0.15, 0.2) is 0 Å². The zero-order valence-corrected chi connectivity index (χ0v) is 8.66. The standard InChI is InChI=1S/C9H13N3O3/c1-6-5-8(14)12-9(11-6)10-3-4-15-7(2)13/h5H,3-4H2,1-2H3,(H2,10,11,12,14). The van der Waals surface area contributed by atoms with Gasteiger partial charge in [0.2, 0.25) is 5.95 Å². The van der Waals surface area contributed by atoms with Crippen molar-refractivity contribution in [1.29, 1.82) is 0 Å². The Balaban J connectivity index is 2.44. The number of H-pyrrole nitrogens is 1. The van der Waals surface area contributed by atoms with Crippen LogP contribution in [0, 0.1) is 6.92 Å². The van der Waals surface area contributed by atoms with Crippen LogP contribution in [0.15, 0.2) is 10.9 Å². The molecule has 0 amide bonds. The molecule has 2 N–H and O–H groups in total. The average Bonchev–Trinajstić information content (AvgIpc) is 2.10. The van der Waals surface area contributed by atoms with Crippen LogP contribution in [0.3, 0.4) is 0 Å². The predicted molar refractivity (Wildman–Crippen MR) is 54.7 cm³/mol. The van der Waals surface area contributed by atoms with Crippen molar-refractivity contribution in [1.82, 2.24) is 9.97 Å². The molecule has 82 valence electrons. The Hall–Kier alpha value is -1.85. The number of nitrogens with one attached hydrogen (secondary N) is 2. The number of carbonyl (C=O) groups excluding carboxylic acids is 1. The maximum absolute atomic E-state index is 11.0. The van der Waals surface area contributed by atoms with E-state index < -0.39 is 0 Å². The summed E-state index contributed by atoms with van der Waals surface area (Å²) in [4.78, 5) is 28.0. The number of carbonyl (C=O) groups is 1. The normalized spacial score (nSPS) is 9.73. The smallest absolute Gasteiger partial charge is 0.302 e. The summed E-state index contributed by atoms with van der Waals surface area (Å²) >= 11 is 0. The summed E-state index contributed by atoms with van der Waals surface area (Å²) in [6, 6.07) is 1.40. The molecule has 0 aliphatic carbocycles. The third kappa shape index (κ3) is 4.26. The van der Waals surface area contributed by atoms with Crippen molar-refractivity contribution in [2.24, 2.45) is 0 Å². The largest absolute Gasteiger partial charge is 0.464 e. The first-order chi connectivity index (χ1) is 7.08. The maximum Gasteiger partial charge on any atom is 0.302 e. The molecule has 0 spiro atoms. The van der Waals surface area contributed by atoms with Crippen LogP contribution < -0.4 is 10.9 Å². The first-order valence-corrected chi connectivity index (χ1v) is 4.53. The Kier molecular flexibility index (Phi) is 3.84. The van der Waals surface area contributed by atoms with E-state index in [0.29, 0.717) is 18.2 Å². The molecule has 0 radical (unpaired) electrons. The lowest BCUT2D eigenvalue weighted by Gasteiger charge is -2.05. The predicted octanol–water partition coefficient (Wildman–Crippen LogP) is 0.0533. The van der Waals surface area contributed by atoms with E-state index in [4.69, 9.17) is 4.74 Å². The van der Waals surface area contributed by atoms with Crippen molar-refractivity contribution < 1.29 is 9.53 Å². The van der Waals surface area contributed by atoms with Crippen LogP contribution in [0.25, 0.3) is 0 Å². The number of aryl methyl sites for hydroxylation is 1. The molecule has 0 fully saturated rings. The SMILES string of the molecule is CC(=O)OCCNc1nc(C)cc(=O)[nH]1. The summed E-state index contributed by atoms with van der Waals surface area (Å²) in [6.45, 7) is 3.72. The third-order valence-corrected chi connectivity index (χ3v) is 1.57. The fourth-order valence-electron chi connectivity index (χ4n) is 1.03. The monoisotopic (exact) mass is 211 g/mol. The summed E-state index contributed by atoms with van der Waals surface area (Å²) in [5.74, 6) is 0.0506. The van der Waals surface area contributed by atoms with Crippen LogP contribution in [0.1, 0.15) is 12.6 Å².